The van der Waals surface area contributed by atoms with Crippen LogP contribution in [0.15, 0.2) is 34.1 Å². The molecular weight excluding hydrogens is 393 g/mol. The van der Waals surface area contributed by atoms with Gasteiger partial charge in [0.2, 0.25) is 9.84 Å². The maximum atomic E-state index is 13.5. The third-order valence-corrected chi connectivity index (χ3v) is 6.04. The van der Waals surface area contributed by atoms with Gasteiger partial charge >= 0.3 is 0 Å². The fourth-order valence-corrected chi connectivity index (χ4v) is 4.56. The van der Waals surface area contributed by atoms with Crippen LogP contribution < -0.4 is 5.32 Å². The minimum absolute atomic E-state index is 0.0728. The quantitative estimate of drug-likeness (QED) is 0.650. The van der Waals surface area contributed by atoms with Gasteiger partial charge in [0.15, 0.2) is 16.4 Å². The lowest BCUT2D eigenvalue weighted by atomic mass is 10.3. The summed E-state index contributed by atoms with van der Waals surface area (Å²) in [5.74, 6) is -0.528. The van der Waals surface area contributed by atoms with Crippen molar-refractivity contribution in [3.63, 3.8) is 0 Å². The van der Waals surface area contributed by atoms with Crippen LogP contribution >= 0.6 is 11.6 Å². The van der Waals surface area contributed by atoms with Crippen molar-refractivity contribution in [3.8, 4) is 0 Å². The molecule has 0 saturated carbocycles. The molecule has 1 aromatic carbocycles. The number of benzene rings is 1. The van der Waals surface area contributed by atoms with E-state index in [1.165, 1.54) is 10.6 Å². The minimum atomic E-state index is -4.04. The first kappa shape index (κ1) is 19.5. The Labute approximate surface area is 161 Å². The van der Waals surface area contributed by atoms with Crippen LogP contribution in [-0.2, 0) is 16.4 Å². The van der Waals surface area contributed by atoms with Crippen molar-refractivity contribution in [2.75, 3.05) is 26.5 Å². The zero-order chi connectivity index (χ0) is 19.9. The second-order valence-corrected chi connectivity index (χ2v) is 8.66. The lowest BCUT2D eigenvalue weighted by molar-refractivity contribution is 0.396. The van der Waals surface area contributed by atoms with E-state index in [0.717, 1.165) is 17.8 Å². The normalized spacial score (nSPS) is 12.1. The molecule has 1 N–H and O–H groups in total. The fraction of sp³-hybridized carbons (Fsp3) is 0.294. The number of aromatic nitrogens is 3. The predicted octanol–water partition coefficient (Wildman–Crippen LogP) is 2.77. The number of nitrogens with one attached hydrogen (secondary N) is 1. The van der Waals surface area contributed by atoms with Gasteiger partial charge in [-0.3, -0.25) is 0 Å². The smallest absolute Gasteiger partial charge is 0.214 e. The maximum Gasteiger partial charge on any atom is 0.214 e. The summed E-state index contributed by atoms with van der Waals surface area (Å²) in [5.41, 5.74) is 1.66. The van der Waals surface area contributed by atoms with E-state index in [1.54, 1.807) is 7.05 Å². The van der Waals surface area contributed by atoms with Crippen LogP contribution in [0.3, 0.4) is 0 Å². The summed E-state index contributed by atoms with van der Waals surface area (Å²) in [4.78, 5) is 6.24. The van der Waals surface area contributed by atoms with Crippen molar-refractivity contribution >= 4 is 32.9 Å². The van der Waals surface area contributed by atoms with Crippen LogP contribution in [0.25, 0.3) is 5.65 Å². The first-order valence-corrected chi connectivity index (χ1v) is 9.93. The summed E-state index contributed by atoms with van der Waals surface area (Å²) >= 11 is 5.78. The molecule has 3 rings (SSSR count). The van der Waals surface area contributed by atoms with Crippen LogP contribution in [0.5, 0.6) is 0 Å². The second kappa shape index (κ2) is 7.06. The molecule has 0 spiro atoms. The van der Waals surface area contributed by atoms with E-state index in [1.807, 2.05) is 32.0 Å². The van der Waals surface area contributed by atoms with Gasteiger partial charge in [-0.05, 0) is 45.3 Å². The van der Waals surface area contributed by atoms with Crippen LogP contribution in [0.4, 0.5) is 10.2 Å². The number of hydrogen-bond acceptors (Lipinski definition) is 6. The van der Waals surface area contributed by atoms with E-state index >= 15 is 0 Å². The number of rotatable bonds is 5. The highest BCUT2D eigenvalue weighted by Gasteiger charge is 2.29. The molecule has 3 aromatic rings. The van der Waals surface area contributed by atoms with Crippen LogP contribution in [0.2, 0.25) is 5.02 Å². The van der Waals surface area contributed by atoms with Crippen molar-refractivity contribution in [2.45, 2.75) is 23.3 Å². The summed E-state index contributed by atoms with van der Waals surface area (Å²) in [6, 6.07) is 5.14. The Bertz CT molecular complexity index is 1130. The summed E-state index contributed by atoms with van der Waals surface area (Å²) < 4.78 is 41.5. The SMILES string of the molecule is CNc1nn2c(C)cc(CN(C)C)nc2c1S(=O)(=O)c1ccc(F)c(Cl)c1. The van der Waals surface area contributed by atoms with Crippen molar-refractivity contribution in [3.05, 3.63) is 46.5 Å². The average Bonchev–Trinajstić information content (AvgIpc) is 2.96. The summed E-state index contributed by atoms with van der Waals surface area (Å²) in [7, 11) is 1.33. The molecular formula is C17H19ClFN5O2S. The Morgan fingerprint density at radius 3 is 2.59 bits per heavy atom. The van der Waals surface area contributed by atoms with Gasteiger partial charge in [-0.25, -0.2) is 22.3 Å². The first-order valence-electron chi connectivity index (χ1n) is 8.07. The molecule has 0 aliphatic carbocycles. The lowest BCUT2D eigenvalue weighted by Crippen LogP contribution is -2.13. The molecule has 0 amide bonds. The molecule has 0 unspecified atom stereocenters. The molecule has 0 bridgehead atoms. The summed E-state index contributed by atoms with van der Waals surface area (Å²) in [5, 5.41) is 6.86. The molecule has 0 fully saturated rings. The van der Waals surface area contributed by atoms with Gasteiger partial charge in [0, 0.05) is 19.3 Å². The van der Waals surface area contributed by atoms with Crippen LogP contribution in [0, 0.1) is 12.7 Å². The van der Waals surface area contributed by atoms with Gasteiger partial charge in [-0.2, -0.15) is 0 Å². The molecule has 2 heterocycles. The number of aryl methyl sites for hydroxylation is 1. The standard InChI is InChI=1S/C17H19ClFN5O2S/c1-10-7-11(9-23(3)4)21-17-15(16(20-2)22-24(10)17)27(25,26)12-5-6-14(19)13(18)8-12/h5-8H,9H2,1-4H3,(H,20,22). The van der Waals surface area contributed by atoms with E-state index < -0.39 is 15.7 Å². The molecule has 7 nitrogen and oxygen atoms in total. The number of nitrogens with zero attached hydrogens (tertiary/aromatic N) is 4. The third-order valence-electron chi connectivity index (χ3n) is 3.96. The highest BCUT2D eigenvalue weighted by molar-refractivity contribution is 7.91. The number of halogens is 2. The van der Waals surface area contributed by atoms with Crippen LogP contribution in [0.1, 0.15) is 11.4 Å². The Kier molecular flexibility index (Phi) is 5.11. The Hall–Kier alpha value is -2.23. The monoisotopic (exact) mass is 411 g/mol. The molecule has 0 radical (unpaired) electrons. The molecule has 0 atom stereocenters. The van der Waals surface area contributed by atoms with Gasteiger partial charge in [0.1, 0.15) is 5.82 Å². The van der Waals surface area contributed by atoms with E-state index in [9.17, 15) is 12.8 Å². The topological polar surface area (TPSA) is 79.6 Å². The summed E-state index contributed by atoms with van der Waals surface area (Å²) in [6.07, 6.45) is 0. The first-order chi connectivity index (χ1) is 12.6. The van der Waals surface area contributed by atoms with E-state index in [4.69, 9.17) is 11.6 Å². The molecule has 10 heteroatoms. The molecule has 2 aromatic heterocycles. The lowest BCUT2D eigenvalue weighted by Gasteiger charge is -2.11. The fourth-order valence-electron chi connectivity index (χ4n) is 2.79. The van der Waals surface area contributed by atoms with Crippen molar-refractivity contribution in [1.29, 1.82) is 0 Å². The molecule has 0 aliphatic rings. The van der Waals surface area contributed by atoms with Gasteiger partial charge in [0.25, 0.3) is 0 Å². The largest absolute Gasteiger partial charge is 0.370 e. The van der Waals surface area contributed by atoms with Gasteiger partial charge in [0.05, 0.1) is 15.6 Å². The molecule has 0 saturated heterocycles. The second-order valence-electron chi connectivity index (χ2n) is 6.37. The van der Waals surface area contributed by atoms with E-state index in [2.05, 4.69) is 15.4 Å². The zero-order valence-corrected chi connectivity index (χ0v) is 16.9. The van der Waals surface area contributed by atoms with E-state index in [0.29, 0.717) is 12.2 Å². The minimum Gasteiger partial charge on any atom is -0.370 e. The average molecular weight is 412 g/mol. The van der Waals surface area contributed by atoms with E-state index in [-0.39, 0.29) is 26.3 Å². The number of hydrogen-bond donors (Lipinski definition) is 1. The molecule has 144 valence electrons. The predicted molar refractivity (Wildman–Crippen MR) is 102 cm³/mol. The van der Waals surface area contributed by atoms with Crippen molar-refractivity contribution in [1.82, 2.24) is 19.5 Å². The highest BCUT2D eigenvalue weighted by Crippen LogP contribution is 2.32. The number of sulfone groups is 1. The van der Waals surface area contributed by atoms with Crippen LogP contribution in [-0.4, -0.2) is 49.1 Å². The number of anilines is 1. The highest BCUT2D eigenvalue weighted by atomic mass is 35.5. The number of fused-ring (bicyclic) bond motifs is 1. The Balaban J connectivity index is 2.31. The third kappa shape index (κ3) is 3.50. The van der Waals surface area contributed by atoms with Crippen molar-refractivity contribution < 1.29 is 12.8 Å². The van der Waals surface area contributed by atoms with Gasteiger partial charge < -0.3 is 10.2 Å². The molecule has 27 heavy (non-hydrogen) atoms. The Morgan fingerprint density at radius 1 is 1.30 bits per heavy atom. The summed E-state index contributed by atoms with van der Waals surface area (Å²) in [6.45, 7) is 2.37. The zero-order valence-electron chi connectivity index (χ0n) is 15.3. The molecule has 0 aliphatic heterocycles. The maximum absolute atomic E-state index is 13.5. The van der Waals surface area contributed by atoms with Gasteiger partial charge in [-0.15, -0.1) is 5.10 Å². The van der Waals surface area contributed by atoms with Crippen molar-refractivity contribution in [2.24, 2.45) is 0 Å². The Morgan fingerprint density at radius 2 is 2.00 bits per heavy atom. The van der Waals surface area contributed by atoms with Gasteiger partial charge in [-0.1, -0.05) is 11.6 Å².